The summed E-state index contributed by atoms with van der Waals surface area (Å²) in [6, 6.07) is 11.1. The maximum atomic E-state index is 11.1. The first-order chi connectivity index (χ1) is 9.19. The van der Waals surface area contributed by atoms with E-state index in [1.807, 2.05) is 40.9 Å². The van der Waals surface area contributed by atoms with Gasteiger partial charge in [-0.15, -0.1) is 0 Å². The molecule has 0 N–H and O–H groups in total. The van der Waals surface area contributed by atoms with Gasteiger partial charge in [-0.05, 0) is 40.2 Å². The maximum Gasteiger partial charge on any atom is 0.170 e. The number of fused-ring (bicyclic) bond motifs is 1. The van der Waals surface area contributed by atoms with Crippen LogP contribution in [0.1, 0.15) is 10.5 Å². The van der Waals surface area contributed by atoms with Gasteiger partial charge in [0.05, 0.1) is 5.52 Å². The van der Waals surface area contributed by atoms with Crippen molar-refractivity contribution in [3.05, 3.63) is 57.8 Å². The van der Waals surface area contributed by atoms with E-state index in [0.717, 1.165) is 21.8 Å². The zero-order chi connectivity index (χ0) is 13.4. The van der Waals surface area contributed by atoms with Gasteiger partial charge in [-0.25, -0.2) is 4.98 Å². The number of carbonyl (C=O) groups excluding carboxylic acids is 1. The Morgan fingerprint density at radius 1 is 1.26 bits per heavy atom. The van der Waals surface area contributed by atoms with Crippen LogP contribution in [0.2, 0.25) is 5.02 Å². The monoisotopic (exact) mass is 334 g/mol. The van der Waals surface area contributed by atoms with Gasteiger partial charge in [0.15, 0.2) is 6.29 Å². The molecule has 94 valence electrons. The van der Waals surface area contributed by atoms with E-state index in [1.165, 1.54) is 0 Å². The number of imidazole rings is 1. The lowest BCUT2D eigenvalue weighted by Crippen LogP contribution is -1.89. The highest BCUT2D eigenvalue weighted by Gasteiger charge is 2.12. The van der Waals surface area contributed by atoms with Crippen LogP contribution in [0, 0.1) is 0 Å². The number of rotatable bonds is 2. The molecule has 2 aromatic heterocycles. The average Bonchev–Trinajstić information content (AvgIpc) is 2.76. The van der Waals surface area contributed by atoms with Gasteiger partial charge in [0.2, 0.25) is 0 Å². The summed E-state index contributed by atoms with van der Waals surface area (Å²) in [6.07, 6.45) is 2.64. The molecule has 3 nitrogen and oxygen atoms in total. The topological polar surface area (TPSA) is 34.4 Å². The standard InChI is InChI=1S/C14H8BrClN2O/c15-10-4-5-13-12(8-19)17-14(18(13)7-10)9-2-1-3-11(16)6-9/h1-8H. The van der Waals surface area contributed by atoms with E-state index in [0.29, 0.717) is 16.5 Å². The van der Waals surface area contributed by atoms with Crippen LogP contribution in [-0.2, 0) is 0 Å². The Morgan fingerprint density at radius 3 is 2.84 bits per heavy atom. The fourth-order valence-electron chi connectivity index (χ4n) is 2.00. The number of nitrogens with zero attached hydrogens (tertiary/aromatic N) is 2. The summed E-state index contributed by atoms with van der Waals surface area (Å²) in [5.41, 5.74) is 2.06. The minimum Gasteiger partial charge on any atom is -0.298 e. The third kappa shape index (κ3) is 2.17. The van der Waals surface area contributed by atoms with Crippen molar-refractivity contribution in [1.82, 2.24) is 9.38 Å². The van der Waals surface area contributed by atoms with Crippen molar-refractivity contribution in [3.63, 3.8) is 0 Å². The van der Waals surface area contributed by atoms with Gasteiger partial charge in [-0.1, -0.05) is 23.7 Å². The zero-order valence-corrected chi connectivity index (χ0v) is 12.0. The Bertz CT molecular complexity index is 782. The quantitative estimate of drug-likeness (QED) is 0.657. The fourth-order valence-corrected chi connectivity index (χ4v) is 2.53. The molecule has 0 unspecified atom stereocenters. The molecule has 5 heteroatoms. The van der Waals surface area contributed by atoms with Gasteiger partial charge in [-0.2, -0.15) is 0 Å². The average molecular weight is 336 g/mol. The van der Waals surface area contributed by atoms with Crippen molar-refractivity contribution in [1.29, 1.82) is 0 Å². The Hall–Kier alpha value is -1.65. The van der Waals surface area contributed by atoms with Crippen molar-refractivity contribution < 1.29 is 4.79 Å². The van der Waals surface area contributed by atoms with Gasteiger partial charge >= 0.3 is 0 Å². The third-order valence-electron chi connectivity index (χ3n) is 2.82. The van der Waals surface area contributed by atoms with Crippen molar-refractivity contribution in [2.45, 2.75) is 0 Å². The second-order valence-corrected chi connectivity index (χ2v) is 5.40. The van der Waals surface area contributed by atoms with Crippen LogP contribution in [-0.4, -0.2) is 15.7 Å². The molecular weight excluding hydrogens is 328 g/mol. The lowest BCUT2D eigenvalue weighted by Gasteiger charge is -2.02. The smallest absolute Gasteiger partial charge is 0.170 e. The Labute approximate surface area is 123 Å². The molecule has 3 rings (SSSR count). The van der Waals surface area contributed by atoms with Crippen molar-refractivity contribution in [3.8, 4) is 11.4 Å². The highest BCUT2D eigenvalue weighted by atomic mass is 79.9. The van der Waals surface area contributed by atoms with E-state index in [2.05, 4.69) is 20.9 Å². The molecule has 0 radical (unpaired) electrons. The minimum absolute atomic E-state index is 0.419. The van der Waals surface area contributed by atoms with Crippen LogP contribution in [0.25, 0.3) is 16.9 Å². The Kier molecular flexibility index (Phi) is 3.12. The molecule has 1 aromatic carbocycles. The molecule has 0 amide bonds. The van der Waals surface area contributed by atoms with E-state index in [-0.39, 0.29) is 0 Å². The van der Waals surface area contributed by atoms with E-state index < -0.39 is 0 Å². The molecule has 19 heavy (non-hydrogen) atoms. The SMILES string of the molecule is O=Cc1nc(-c2cccc(Cl)c2)n2cc(Br)ccc12. The van der Waals surface area contributed by atoms with E-state index in [9.17, 15) is 4.79 Å². The first-order valence-electron chi connectivity index (χ1n) is 5.58. The van der Waals surface area contributed by atoms with Crippen LogP contribution in [0.3, 0.4) is 0 Å². The third-order valence-corrected chi connectivity index (χ3v) is 3.53. The molecule has 0 aliphatic carbocycles. The van der Waals surface area contributed by atoms with Crippen LogP contribution in [0.15, 0.2) is 47.1 Å². The number of hydrogen-bond acceptors (Lipinski definition) is 2. The van der Waals surface area contributed by atoms with Gasteiger partial charge in [0.1, 0.15) is 11.5 Å². The number of carbonyl (C=O) groups is 1. The predicted octanol–water partition coefficient (Wildman–Crippen LogP) is 4.23. The van der Waals surface area contributed by atoms with Crippen molar-refractivity contribution in [2.24, 2.45) is 0 Å². The molecule has 0 saturated carbocycles. The summed E-state index contributed by atoms with van der Waals surface area (Å²) in [7, 11) is 0. The normalized spacial score (nSPS) is 10.8. The number of hydrogen-bond donors (Lipinski definition) is 0. The number of aromatic nitrogens is 2. The van der Waals surface area contributed by atoms with Crippen LogP contribution in [0.5, 0.6) is 0 Å². The lowest BCUT2D eigenvalue weighted by atomic mass is 10.2. The molecule has 0 spiro atoms. The molecule has 2 heterocycles. The molecule has 0 aliphatic rings. The highest BCUT2D eigenvalue weighted by molar-refractivity contribution is 9.10. The zero-order valence-electron chi connectivity index (χ0n) is 9.68. The summed E-state index contributed by atoms with van der Waals surface area (Å²) >= 11 is 9.42. The van der Waals surface area contributed by atoms with E-state index >= 15 is 0 Å². The summed E-state index contributed by atoms with van der Waals surface area (Å²) in [4.78, 5) is 15.5. The largest absolute Gasteiger partial charge is 0.298 e. The van der Waals surface area contributed by atoms with Crippen LogP contribution in [0.4, 0.5) is 0 Å². The Balaban J connectivity index is 2.34. The summed E-state index contributed by atoms with van der Waals surface area (Å²) < 4.78 is 2.79. The molecule has 0 bridgehead atoms. The van der Waals surface area contributed by atoms with Gasteiger partial charge < -0.3 is 0 Å². The van der Waals surface area contributed by atoms with Gasteiger partial charge in [0, 0.05) is 21.3 Å². The Morgan fingerprint density at radius 2 is 2.11 bits per heavy atom. The van der Waals surface area contributed by atoms with E-state index in [4.69, 9.17) is 11.6 Å². The second-order valence-electron chi connectivity index (χ2n) is 4.05. The van der Waals surface area contributed by atoms with E-state index in [1.54, 1.807) is 6.07 Å². The molecule has 0 aliphatic heterocycles. The van der Waals surface area contributed by atoms with Gasteiger partial charge in [-0.3, -0.25) is 9.20 Å². The highest BCUT2D eigenvalue weighted by Crippen LogP contribution is 2.26. The number of pyridine rings is 1. The summed E-state index contributed by atoms with van der Waals surface area (Å²) in [6.45, 7) is 0. The molecule has 0 fully saturated rings. The first kappa shape index (κ1) is 12.4. The predicted molar refractivity (Wildman–Crippen MR) is 78.7 cm³/mol. The molecular formula is C14H8BrClN2O. The fraction of sp³-hybridized carbons (Fsp3) is 0. The minimum atomic E-state index is 0.419. The van der Waals surface area contributed by atoms with Crippen LogP contribution >= 0.6 is 27.5 Å². The summed E-state index contributed by atoms with van der Waals surface area (Å²) in [5, 5.41) is 0.636. The molecule has 3 aromatic rings. The summed E-state index contributed by atoms with van der Waals surface area (Å²) in [5.74, 6) is 0.695. The number of aldehydes is 1. The number of benzene rings is 1. The van der Waals surface area contributed by atoms with Gasteiger partial charge in [0.25, 0.3) is 0 Å². The van der Waals surface area contributed by atoms with Crippen LogP contribution < -0.4 is 0 Å². The second kappa shape index (κ2) is 4.79. The first-order valence-corrected chi connectivity index (χ1v) is 6.75. The van der Waals surface area contributed by atoms with Crippen molar-refractivity contribution in [2.75, 3.05) is 0 Å². The molecule has 0 atom stereocenters. The lowest BCUT2D eigenvalue weighted by molar-refractivity contribution is 0.112. The molecule has 0 saturated heterocycles. The maximum absolute atomic E-state index is 11.1. The van der Waals surface area contributed by atoms with Crippen molar-refractivity contribution >= 4 is 39.3 Å². The number of halogens is 2.